The zero-order valence-corrected chi connectivity index (χ0v) is 9.31. The number of ether oxygens (including phenoxy) is 1. The van der Waals surface area contributed by atoms with E-state index in [0.29, 0.717) is 16.1 Å². The monoisotopic (exact) mass is 235 g/mol. The molecule has 2 aromatic heterocycles. The summed E-state index contributed by atoms with van der Waals surface area (Å²) in [5.74, 6) is 0.587. The molecule has 16 heavy (non-hydrogen) atoms. The Morgan fingerprint density at radius 2 is 2.00 bits per heavy atom. The van der Waals surface area contributed by atoms with Crippen LogP contribution < -0.4 is 10.5 Å². The summed E-state index contributed by atoms with van der Waals surface area (Å²) in [5, 5.41) is 1.25. The van der Waals surface area contributed by atoms with E-state index in [0.717, 1.165) is 0 Å². The van der Waals surface area contributed by atoms with Gasteiger partial charge in [-0.2, -0.15) is 4.98 Å². The van der Waals surface area contributed by atoms with Gasteiger partial charge in [0.1, 0.15) is 5.03 Å². The van der Waals surface area contributed by atoms with Gasteiger partial charge in [-0.1, -0.05) is 0 Å². The number of nitrogen functional groups attached to an aromatic ring is 1. The largest absolute Gasteiger partial charge is 0.481 e. The van der Waals surface area contributed by atoms with Crippen molar-refractivity contribution in [1.82, 2.24) is 19.9 Å². The second-order valence-corrected chi connectivity index (χ2v) is 3.73. The van der Waals surface area contributed by atoms with E-state index < -0.39 is 0 Å². The molecule has 0 aliphatic heterocycles. The van der Waals surface area contributed by atoms with Crippen molar-refractivity contribution >= 4 is 17.7 Å². The average Bonchev–Trinajstić information content (AvgIpc) is 2.29. The van der Waals surface area contributed by atoms with Gasteiger partial charge in [-0.15, -0.1) is 0 Å². The first-order valence-corrected chi connectivity index (χ1v) is 5.23. The fraction of sp³-hybridized carbons (Fsp3) is 0.111. The summed E-state index contributed by atoms with van der Waals surface area (Å²) >= 11 is 1.30. The lowest BCUT2D eigenvalue weighted by molar-refractivity contribution is 0.396. The van der Waals surface area contributed by atoms with E-state index in [2.05, 4.69) is 19.9 Å². The molecule has 0 amide bonds. The Morgan fingerprint density at radius 3 is 2.69 bits per heavy atom. The summed E-state index contributed by atoms with van der Waals surface area (Å²) in [4.78, 5) is 16.1. The van der Waals surface area contributed by atoms with Crippen LogP contribution in [0.15, 0.2) is 34.7 Å². The number of nitrogens with zero attached hydrogens (tertiary/aromatic N) is 4. The van der Waals surface area contributed by atoms with E-state index in [1.54, 1.807) is 24.5 Å². The predicted molar refractivity (Wildman–Crippen MR) is 59.2 cm³/mol. The SMILES string of the molecule is COc1cc(Sc2ncccn2)nc(N)n1. The highest BCUT2D eigenvalue weighted by molar-refractivity contribution is 7.99. The molecule has 7 heteroatoms. The molecule has 0 aliphatic rings. The zero-order chi connectivity index (χ0) is 11.4. The molecule has 0 fully saturated rings. The lowest BCUT2D eigenvalue weighted by Crippen LogP contribution is -1.98. The molecule has 0 spiro atoms. The van der Waals surface area contributed by atoms with Gasteiger partial charge in [-0.25, -0.2) is 15.0 Å². The van der Waals surface area contributed by atoms with E-state index in [-0.39, 0.29) is 5.95 Å². The quantitative estimate of drug-likeness (QED) is 0.627. The zero-order valence-electron chi connectivity index (χ0n) is 8.49. The van der Waals surface area contributed by atoms with E-state index in [4.69, 9.17) is 10.5 Å². The minimum atomic E-state index is 0.165. The van der Waals surface area contributed by atoms with Crippen LogP contribution in [0.25, 0.3) is 0 Å². The first-order chi connectivity index (χ1) is 7.78. The van der Waals surface area contributed by atoms with Crippen LogP contribution in [-0.4, -0.2) is 27.0 Å². The average molecular weight is 235 g/mol. The Balaban J connectivity index is 2.24. The summed E-state index contributed by atoms with van der Waals surface area (Å²) < 4.78 is 4.99. The van der Waals surface area contributed by atoms with Crippen LogP contribution in [0.1, 0.15) is 0 Å². The lowest BCUT2D eigenvalue weighted by atomic mass is 10.6. The lowest BCUT2D eigenvalue weighted by Gasteiger charge is -2.03. The summed E-state index contributed by atoms with van der Waals surface area (Å²) in [6.07, 6.45) is 3.33. The van der Waals surface area contributed by atoms with Gasteiger partial charge in [0.05, 0.1) is 7.11 Å². The van der Waals surface area contributed by atoms with E-state index >= 15 is 0 Å². The fourth-order valence-electron chi connectivity index (χ4n) is 1.01. The highest BCUT2D eigenvalue weighted by Gasteiger charge is 2.05. The van der Waals surface area contributed by atoms with Crippen LogP contribution >= 0.6 is 11.8 Å². The third-order valence-corrected chi connectivity index (χ3v) is 2.46. The molecule has 0 saturated heterocycles. The molecule has 0 atom stereocenters. The Bertz CT molecular complexity index is 479. The molecule has 0 aromatic carbocycles. The standard InChI is InChI=1S/C9H9N5OS/c1-15-6-5-7(14-8(10)13-6)16-9-11-3-2-4-12-9/h2-5H,1H3,(H2,10,13,14). The molecule has 0 aliphatic carbocycles. The van der Waals surface area contributed by atoms with Gasteiger partial charge >= 0.3 is 0 Å². The molecule has 2 aromatic rings. The molecule has 2 rings (SSSR count). The number of anilines is 1. The topological polar surface area (TPSA) is 86.8 Å². The molecule has 2 N–H and O–H groups in total. The van der Waals surface area contributed by atoms with Crippen molar-refractivity contribution in [1.29, 1.82) is 0 Å². The van der Waals surface area contributed by atoms with Crippen molar-refractivity contribution in [2.45, 2.75) is 10.2 Å². The smallest absolute Gasteiger partial charge is 0.224 e. The van der Waals surface area contributed by atoms with Crippen molar-refractivity contribution in [2.75, 3.05) is 12.8 Å². The Morgan fingerprint density at radius 1 is 1.25 bits per heavy atom. The van der Waals surface area contributed by atoms with Gasteiger partial charge in [0.15, 0.2) is 5.16 Å². The van der Waals surface area contributed by atoms with Gasteiger partial charge in [0.25, 0.3) is 0 Å². The van der Waals surface area contributed by atoms with Crippen molar-refractivity contribution in [3.63, 3.8) is 0 Å². The molecule has 0 radical (unpaired) electrons. The van der Waals surface area contributed by atoms with Crippen molar-refractivity contribution in [3.05, 3.63) is 24.5 Å². The van der Waals surface area contributed by atoms with Crippen LogP contribution in [0.5, 0.6) is 5.88 Å². The van der Waals surface area contributed by atoms with Gasteiger partial charge in [0.2, 0.25) is 11.8 Å². The highest BCUT2D eigenvalue weighted by atomic mass is 32.2. The summed E-state index contributed by atoms with van der Waals surface area (Å²) in [7, 11) is 1.52. The van der Waals surface area contributed by atoms with E-state index in [1.807, 2.05) is 0 Å². The number of hydrogen-bond donors (Lipinski definition) is 1. The van der Waals surface area contributed by atoms with Crippen molar-refractivity contribution < 1.29 is 4.74 Å². The van der Waals surface area contributed by atoms with Crippen LogP contribution in [0.4, 0.5) is 5.95 Å². The summed E-state index contributed by atoms with van der Waals surface area (Å²) in [6, 6.07) is 3.43. The first kappa shape index (κ1) is 10.6. The molecular formula is C9H9N5OS. The molecular weight excluding hydrogens is 226 g/mol. The molecule has 6 nitrogen and oxygen atoms in total. The van der Waals surface area contributed by atoms with Crippen LogP contribution in [-0.2, 0) is 0 Å². The van der Waals surface area contributed by atoms with Crippen LogP contribution in [0, 0.1) is 0 Å². The molecule has 0 unspecified atom stereocenters. The maximum absolute atomic E-state index is 5.53. The van der Waals surface area contributed by atoms with Gasteiger partial charge < -0.3 is 10.5 Å². The fourth-order valence-corrected chi connectivity index (χ4v) is 1.72. The normalized spacial score (nSPS) is 10.1. The van der Waals surface area contributed by atoms with E-state index in [9.17, 15) is 0 Å². The van der Waals surface area contributed by atoms with Crippen molar-refractivity contribution in [2.24, 2.45) is 0 Å². The minimum absolute atomic E-state index is 0.165. The molecule has 0 bridgehead atoms. The summed E-state index contributed by atoms with van der Waals surface area (Å²) in [5.41, 5.74) is 5.53. The van der Waals surface area contributed by atoms with Crippen molar-refractivity contribution in [3.8, 4) is 5.88 Å². The molecule has 0 saturated carbocycles. The Hall–Kier alpha value is -1.89. The number of nitrogens with two attached hydrogens (primary N) is 1. The minimum Gasteiger partial charge on any atom is -0.481 e. The molecule has 2 heterocycles. The second-order valence-electron chi connectivity index (χ2n) is 2.74. The van der Waals surface area contributed by atoms with Gasteiger partial charge in [-0.05, 0) is 17.8 Å². The summed E-state index contributed by atoms with van der Waals surface area (Å²) in [6.45, 7) is 0. The maximum atomic E-state index is 5.53. The third-order valence-electron chi connectivity index (χ3n) is 1.64. The van der Waals surface area contributed by atoms with Crippen LogP contribution in [0.2, 0.25) is 0 Å². The van der Waals surface area contributed by atoms with Crippen LogP contribution in [0.3, 0.4) is 0 Å². The Kier molecular flexibility index (Phi) is 3.16. The third kappa shape index (κ3) is 2.57. The van der Waals surface area contributed by atoms with Gasteiger partial charge in [0, 0.05) is 18.5 Å². The molecule has 82 valence electrons. The first-order valence-electron chi connectivity index (χ1n) is 4.41. The number of aromatic nitrogens is 4. The van der Waals surface area contributed by atoms with Gasteiger partial charge in [-0.3, -0.25) is 0 Å². The number of methoxy groups -OCH3 is 1. The highest BCUT2D eigenvalue weighted by Crippen LogP contribution is 2.24. The van der Waals surface area contributed by atoms with E-state index in [1.165, 1.54) is 18.9 Å². The predicted octanol–water partition coefficient (Wildman–Crippen LogP) is 1.01. The number of rotatable bonds is 3. The Labute approximate surface area is 96.3 Å². The second kappa shape index (κ2) is 4.75. The number of hydrogen-bond acceptors (Lipinski definition) is 7. The maximum Gasteiger partial charge on any atom is 0.224 e.